The normalized spacial score (nSPS) is 14.9. The topological polar surface area (TPSA) is 79.3 Å². The van der Waals surface area contributed by atoms with Crippen molar-refractivity contribution in [3.05, 3.63) is 11.1 Å². The molecule has 1 aromatic rings. The minimum atomic E-state index is -1.02. The number of carbonyl (C=O) groups excluding carboxylic acids is 1. The van der Waals surface area contributed by atoms with E-state index in [1.54, 1.807) is 0 Å². The van der Waals surface area contributed by atoms with Crippen molar-refractivity contribution >= 4 is 28.3 Å². The molecular weight excluding hydrogens is 216 g/mol. The first kappa shape index (κ1) is 10.1. The number of amides is 1. The number of thiazole rings is 1. The van der Waals surface area contributed by atoms with Crippen molar-refractivity contribution in [1.29, 1.82) is 0 Å². The number of hydrogen-bond donors (Lipinski definition) is 2. The molecule has 1 heterocycles. The van der Waals surface area contributed by atoms with E-state index >= 15 is 0 Å². The fourth-order valence-corrected chi connectivity index (χ4v) is 1.86. The summed E-state index contributed by atoms with van der Waals surface area (Å²) in [6, 6.07) is 0. The maximum atomic E-state index is 11.4. The first-order valence-electron chi connectivity index (χ1n) is 4.64. The van der Waals surface area contributed by atoms with Crippen molar-refractivity contribution in [1.82, 2.24) is 4.98 Å². The second-order valence-electron chi connectivity index (χ2n) is 3.53. The molecule has 5 nitrogen and oxygen atoms in total. The summed E-state index contributed by atoms with van der Waals surface area (Å²) in [6.07, 6.45) is 4.00. The summed E-state index contributed by atoms with van der Waals surface area (Å²) in [4.78, 5) is 25.8. The van der Waals surface area contributed by atoms with Gasteiger partial charge in [-0.15, -0.1) is 0 Å². The summed E-state index contributed by atoms with van der Waals surface area (Å²) in [5, 5.41) is 11.6. The van der Waals surface area contributed by atoms with E-state index in [4.69, 9.17) is 5.11 Å². The van der Waals surface area contributed by atoms with Gasteiger partial charge in [0.15, 0.2) is 5.13 Å². The van der Waals surface area contributed by atoms with E-state index in [1.807, 2.05) is 0 Å². The summed E-state index contributed by atoms with van der Waals surface area (Å²) >= 11 is 0.974. The summed E-state index contributed by atoms with van der Waals surface area (Å²) in [6.45, 7) is 0. The Morgan fingerprint density at radius 3 is 2.87 bits per heavy atom. The van der Waals surface area contributed by atoms with E-state index in [-0.39, 0.29) is 10.8 Å². The molecule has 15 heavy (non-hydrogen) atoms. The largest absolute Gasteiger partial charge is 0.477 e. The fraction of sp³-hybridized carbons (Fsp3) is 0.444. The first-order valence-corrected chi connectivity index (χ1v) is 5.46. The lowest BCUT2D eigenvalue weighted by molar-refractivity contribution is -0.116. The van der Waals surface area contributed by atoms with E-state index in [2.05, 4.69) is 10.3 Å². The minimum Gasteiger partial charge on any atom is -0.477 e. The SMILES string of the molecule is O=C(CC1CC1)Nc1ncc(C(=O)O)s1. The van der Waals surface area contributed by atoms with Gasteiger partial charge in [-0.3, -0.25) is 4.79 Å². The highest BCUT2D eigenvalue weighted by Gasteiger charge is 2.24. The van der Waals surface area contributed by atoms with Gasteiger partial charge < -0.3 is 10.4 Å². The number of aromatic carboxylic acids is 1. The molecule has 0 bridgehead atoms. The lowest BCUT2D eigenvalue weighted by atomic mass is 10.3. The highest BCUT2D eigenvalue weighted by atomic mass is 32.1. The van der Waals surface area contributed by atoms with Crippen LogP contribution >= 0.6 is 11.3 Å². The number of carbonyl (C=O) groups is 2. The van der Waals surface area contributed by atoms with Gasteiger partial charge in [0.05, 0.1) is 6.20 Å². The smallest absolute Gasteiger partial charge is 0.347 e. The van der Waals surface area contributed by atoms with E-state index in [9.17, 15) is 9.59 Å². The Morgan fingerprint density at radius 2 is 2.33 bits per heavy atom. The van der Waals surface area contributed by atoms with Crippen molar-refractivity contribution < 1.29 is 14.7 Å². The quantitative estimate of drug-likeness (QED) is 0.816. The predicted octanol–water partition coefficient (Wildman–Crippen LogP) is 1.58. The zero-order valence-corrected chi connectivity index (χ0v) is 8.71. The predicted molar refractivity (Wildman–Crippen MR) is 55.0 cm³/mol. The number of carboxylic acids is 1. The Labute approximate surface area is 90.1 Å². The Morgan fingerprint density at radius 1 is 1.60 bits per heavy atom. The van der Waals surface area contributed by atoms with Crippen molar-refractivity contribution in [2.24, 2.45) is 5.92 Å². The van der Waals surface area contributed by atoms with E-state index in [0.29, 0.717) is 17.5 Å². The maximum Gasteiger partial charge on any atom is 0.347 e. The fourth-order valence-electron chi connectivity index (χ4n) is 1.19. The molecule has 2 rings (SSSR count). The minimum absolute atomic E-state index is 0.0798. The van der Waals surface area contributed by atoms with E-state index in [0.717, 1.165) is 24.2 Å². The highest BCUT2D eigenvalue weighted by molar-refractivity contribution is 7.17. The van der Waals surface area contributed by atoms with Crippen LogP contribution in [-0.4, -0.2) is 22.0 Å². The Kier molecular flexibility index (Phi) is 2.68. The molecule has 80 valence electrons. The number of carboxylic acid groups (broad SMARTS) is 1. The molecule has 1 saturated carbocycles. The number of hydrogen-bond acceptors (Lipinski definition) is 4. The Balaban J connectivity index is 1.91. The maximum absolute atomic E-state index is 11.4. The lowest BCUT2D eigenvalue weighted by Crippen LogP contribution is -2.11. The molecule has 0 radical (unpaired) electrons. The molecule has 6 heteroatoms. The first-order chi connectivity index (χ1) is 7.15. The molecule has 1 aliphatic carbocycles. The molecule has 2 N–H and O–H groups in total. The van der Waals surface area contributed by atoms with Gasteiger partial charge in [0.1, 0.15) is 4.88 Å². The third-order valence-electron chi connectivity index (χ3n) is 2.13. The average Bonchev–Trinajstić information content (AvgIpc) is 2.82. The number of aromatic nitrogens is 1. The summed E-state index contributed by atoms with van der Waals surface area (Å²) in [7, 11) is 0. The molecule has 0 aliphatic heterocycles. The number of anilines is 1. The molecular formula is C9H10N2O3S. The lowest BCUT2D eigenvalue weighted by Gasteiger charge is -1.98. The second kappa shape index (κ2) is 3.98. The molecule has 1 aliphatic rings. The zero-order chi connectivity index (χ0) is 10.8. The standard InChI is InChI=1S/C9H10N2O3S/c12-7(3-5-1-2-5)11-9-10-4-6(15-9)8(13)14/h4-5H,1-3H2,(H,13,14)(H,10,11,12). The van der Waals surface area contributed by atoms with Crippen molar-refractivity contribution in [3.63, 3.8) is 0 Å². The van der Waals surface area contributed by atoms with Crippen LogP contribution in [0.5, 0.6) is 0 Å². The van der Waals surface area contributed by atoms with Gasteiger partial charge in [-0.05, 0) is 18.8 Å². The summed E-state index contributed by atoms with van der Waals surface area (Å²) < 4.78 is 0. The summed E-state index contributed by atoms with van der Waals surface area (Å²) in [5.74, 6) is -0.581. The number of rotatable bonds is 4. The average molecular weight is 226 g/mol. The van der Waals surface area contributed by atoms with Crippen LogP contribution in [0, 0.1) is 5.92 Å². The van der Waals surface area contributed by atoms with Crippen LogP contribution in [0.3, 0.4) is 0 Å². The number of nitrogens with zero attached hydrogens (tertiary/aromatic N) is 1. The van der Waals surface area contributed by atoms with Crippen LogP contribution in [0.2, 0.25) is 0 Å². The Hall–Kier alpha value is -1.43. The van der Waals surface area contributed by atoms with Gasteiger partial charge in [-0.1, -0.05) is 11.3 Å². The molecule has 1 fully saturated rings. The molecule has 1 amide bonds. The van der Waals surface area contributed by atoms with Crippen LogP contribution in [0.1, 0.15) is 28.9 Å². The van der Waals surface area contributed by atoms with Crippen LogP contribution in [-0.2, 0) is 4.79 Å². The zero-order valence-electron chi connectivity index (χ0n) is 7.90. The van der Waals surface area contributed by atoms with E-state index < -0.39 is 5.97 Å². The van der Waals surface area contributed by atoms with Crippen LogP contribution < -0.4 is 5.32 Å². The molecule has 0 unspecified atom stereocenters. The van der Waals surface area contributed by atoms with Crippen LogP contribution in [0.4, 0.5) is 5.13 Å². The van der Waals surface area contributed by atoms with Gasteiger partial charge in [0.2, 0.25) is 5.91 Å². The molecule has 1 aromatic heterocycles. The molecule has 0 spiro atoms. The van der Waals surface area contributed by atoms with Crippen molar-refractivity contribution in [3.8, 4) is 0 Å². The molecule has 0 saturated heterocycles. The molecule has 0 atom stereocenters. The highest BCUT2D eigenvalue weighted by Crippen LogP contribution is 2.32. The van der Waals surface area contributed by atoms with Gasteiger partial charge in [-0.2, -0.15) is 0 Å². The van der Waals surface area contributed by atoms with Gasteiger partial charge in [-0.25, -0.2) is 9.78 Å². The van der Waals surface area contributed by atoms with Gasteiger partial charge >= 0.3 is 5.97 Å². The summed E-state index contributed by atoms with van der Waals surface area (Å²) in [5.41, 5.74) is 0. The van der Waals surface area contributed by atoms with Crippen molar-refractivity contribution in [2.75, 3.05) is 5.32 Å². The monoisotopic (exact) mass is 226 g/mol. The van der Waals surface area contributed by atoms with Gasteiger partial charge in [0, 0.05) is 6.42 Å². The van der Waals surface area contributed by atoms with Gasteiger partial charge in [0.25, 0.3) is 0 Å². The number of nitrogens with one attached hydrogen (secondary N) is 1. The Bertz CT molecular complexity index is 398. The van der Waals surface area contributed by atoms with Crippen LogP contribution in [0.15, 0.2) is 6.20 Å². The van der Waals surface area contributed by atoms with Crippen LogP contribution in [0.25, 0.3) is 0 Å². The molecule has 0 aromatic carbocycles. The third kappa shape index (κ3) is 2.76. The second-order valence-corrected chi connectivity index (χ2v) is 4.56. The third-order valence-corrected chi connectivity index (χ3v) is 3.03. The van der Waals surface area contributed by atoms with E-state index in [1.165, 1.54) is 6.20 Å². The van der Waals surface area contributed by atoms with Crippen molar-refractivity contribution in [2.45, 2.75) is 19.3 Å².